The highest BCUT2D eigenvalue weighted by molar-refractivity contribution is 8.04. The van der Waals surface area contributed by atoms with Crippen molar-refractivity contribution in [3.05, 3.63) is 40.3 Å². The Kier molecular flexibility index (Phi) is 4.99. The summed E-state index contributed by atoms with van der Waals surface area (Å²) in [5, 5.41) is 9.92. The van der Waals surface area contributed by atoms with Crippen molar-refractivity contribution in [1.82, 2.24) is 0 Å². The standard InChI is InChI=1S/C19H18O6S/c1-22-12-6-5-10(7-11(12)20)8-15-17(21)16-14(26-15)9-13(23-2)18(24-3)19(16)25-4/h5-9,20H,1-4H3/b15-8-. The predicted octanol–water partition coefficient (Wildman–Crippen LogP) is 3.76. The summed E-state index contributed by atoms with van der Waals surface area (Å²) in [5.74, 6) is 1.43. The van der Waals surface area contributed by atoms with E-state index in [1.54, 1.807) is 30.3 Å². The number of fused-ring (bicyclic) bond motifs is 1. The summed E-state index contributed by atoms with van der Waals surface area (Å²) >= 11 is 1.32. The highest BCUT2D eigenvalue weighted by Gasteiger charge is 2.33. The number of hydrogen-bond donors (Lipinski definition) is 1. The summed E-state index contributed by atoms with van der Waals surface area (Å²) in [7, 11) is 5.99. The van der Waals surface area contributed by atoms with Crippen molar-refractivity contribution in [2.24, 2.45) is 0 Å². The van der Waals surface area contributed by atoms with Crippen LogP contribution in [0.4, 0.5) is 0 Å². The van der Waals surface area contributed by atoms with Gasteiger partial charge >= 0.3 is 0 Å². The number of aromatic hydroxyl groups is 1. The summed E-state index contributed by atoms with van der Waals surface area (Å²) in [4.78, 5) is 14.1. The average Bonchev–Trinajstić information content (AvgIpc) is 2.95. The lowest BCUT2D eigenvalue weighted by Gasteiger charge is -2.14. The van der Waals surface area contributed by atoms with Crippen LogP contribution < -0.4 is 18.9 Å². The molecule has 1 heterocycles. The van der Waals surface area contributed by atoms with Crippen molar-refractivity contribution in [1.29, 1.82) is 0 Å². The minimum Gasteiger partial charge on any atom is -0.504 e. The maximum Gasteiger partial charge on any atom is 0.204 e. The van der Waals surface area contributed by atoms with Gasteiger partial charge in [0.2, 0.25) is 11.5 Å². The number of ketones is 1. The van der Waals surface area contributed by atoms with Gasteiger partial charge in [0.05, 0.1) is 38.9 Å². The summed E-state index contributed by atoms with van der Waals surface area (Å²) in [5.41, 5.74) is 1.13. The van der Waals surface area contributed by atoms with Crippen molar-refractivity contribution in [2.75, 3.05) is 28.4 Å². The van der Waals surface area contributed by atoms with Gasteiger partial charge in [0.25, 0.3) is 0 Å². The van der Waals surface area contributed by atoms with Crippen molar-refractivity contribution in [3.63, 3.8) is 0 Å². The first-order valence-electron chi connectivity index (χ1n) is 7.68. The van der Waals surface area contributed by atoms with Crippen LogP contribution in [0, 0.1) is 0 Å². The number of ether oxygens (including phenoxy) is 4. The first-order valence-corrected chi connectivity index (χ1v) is 8.49. The molecule has 0 aliphatic carbocycles. The number of phenols is 1. The van der Waals surface area contributed by atoms with Gasteiger partial charge in [-0.3, -0.25) is 4.79 Å². The van der Waals surface area contributed by atoms with E-state index in [4.69, 9.17) is 18.9 Å². The number of Topliss-reactive ketones (excluding diaryl/α,β-unsaturated/α-hetero) is 1. The molecule has 3 rings (SSSR count). The SMILES string of the molecule is COc1ccc(/C=C2\Sc3cc(OC)c(OC)c(OC)c3C2=O)cc1O. The third-order valence-corrected chi connectivity index (χ3v) is 5.03. The molecule has 0 fully saturated rings. The summed E-state index contributed by atoms with van der Waals surface area (Å²) < 4.78 is 21.1. The second kappa shape index (κ2) is 7.21. The van der Waals surface area contributed by atoms with Crippen LogP contribution in [0.15, 0.2) is 34.1 Å². The maximum absolute atomic E-state index is 12.9. The van der Waals surface area contributed by atoms with Gasteiger partial charge in [-0.2, -0.15) is 0 Å². The molecule has 2 aromatic carbocycles. The van der Waals surface area contributed by atoms with Gasteiger partial charge in [-0.1, -0.05) is 17.8 Å². The van der Waals surface area contributed by atoms with Gasteiger partial charge in [-0.15, -0.1) is 0 Å². The van der Waals surface area contributed by atoms with Gasteiger partial charge < -0.3 is 24.1 Å². The molecule has 0 radical (unpaired) electrons. The van der Waals surface area contributed by atoms with Gasteiger partial charge in [-0.05, 0) is 29.8 Å². The molecule has 1 aliphatic rings. The third-order valence-electron chi connectivity index (χ3n) is 3.97. The topological polar surface area (TPSA) is 74.2 Å². The van der Waals surface area contributed by atoms with Crippen LogP contribution in [0.5, 0.6) is 28.7 Å². The molecule has 1 aliphatic heterocycles. The second-order valence-electron chi connectivity index (χ2n) is 5.39. The van der Waals surface area contributed by atoms with E-state index in [-0.39, 0.29) is 11.5 Å². The normalized spacial score (nSPS) is 14.3. The number of rotatable bonds is 5. The molecule has 0 atom stereocenters. The minimum absolute atomic E-state index is 0.00993. The van der Waals surface area contributed by atoms with E-state index in [1.165, 1.54) is 40.2 Å². The molecule has 136 valence electrons. The molecule has 0 bridgehead atoms. The van der Waals surface area contributed by atoms with Crippen molar-refractivity contribution in [3.8, 4) is 28.7 Å². The first kappa shape index (κ1) is 18.0. The van der Waals surface area contributed by atoms with Crippen LogP contribution in [0.25, 0.3) is 6.08 Å². The monoisotopic (exact) mass is 374 g/mol. The lowest BCUT2D eigenvalue weighted by molar-refractivity contribution is 0.104. The van der Waals surface area contributed by atoms with E-state index in [2.05, 4.69) is 0 Å². The number of phenolic OH excluding ortho intramolecular Hbond substituents is 1. The Balaban J connectivity index is 2.06. The number of allylic oxidation sites excluding steroid dienone is 1. The van der Waals surface area contributed by atoms with E-state index in [1.807, 2.05) is 0 Å². The quantitative estimate of drug-likeness (QED) is 0.799. The van der Waals surface area contributed by atoms with Gasteiger partial charge in [0.1, 0.15) is 0 Å². The molecule has 2 aromatic rings. The fourth-order valence-electron chi connectivity index (χ4n) is 2.76. The average molecular weight is 374 g/mol. The van der Waals surface area contributed by atoms with E-state index < -0.39 is 0 Å². The predicted molar refractivity (Wildman–Crippen MR) is 98.9 cm³/mol. The zero-order valence-corrected chi connectivity index (χ0v) is 15.6. The van der Waals surface area contributed by atoms with Crippen molar-refractivity contribution < 1.29 is 28.8 Å². The van der Waals surface area contributed by atoms with Crippen LogP contribution in [0.1, 0.15) is 15.9 Å². The van der Waals surface area contributed by atoms with Gasteiger partial charge in [0.15, 0.2) is 23.0 Å². The summed E-state index contributed by atoms with van der Waals surface area (Å²) in [6, 6.07) is 6.71. The summed E-state index contributed by atoms with van der Waals surface area (Å²) in [6.45, 7) is 0. The highest BCUT2D eigenvalue weighted by Crippen LogP contribution is 2.52. The molecule has 0 amide bonds. The maximum atomic E-state index is 12.9. The smallest absolute Gasteiger partial charge is 0.204 e. The largest absolute Gasteiger partial charge is 0.504 e. The molecule has 1 N–H and O–H groups in total. The molecule has 6 nitrogen and oxygen atoms in total. The number of thioether (sulfide) groups is 1. The van der Waals surface area contributed by atoms with E-state index in [0.29, 0.717) is 39.0 Å². The molecule has 0 spiro atoms. The van der Waals surface area contributed by atoms with E-state index in [0.717, 1.165) is 4.90 Å². The molecule has 0 saturated carbocycles. The highest BCUT2D eigenvalue weighted by atomic mass is 32.2. The lowest BCUT2D eigenvalue weighted by Crippen LogP contribution is -2.02. The van der Waals surface area contributed by atoms with Crippen LogP contribution in [-0.4, -0.2) is 39.3 Å². The number of benzene rings is 2. The molecule has 0 saturated heterocycles. The van der Waals surface area contributed by atoms with E-state index >= 15 is 0 Å². The third kappa shape index (κ3) is 2.94. The fraction of sp³-hybridized carbons (Fsp3) is 0.211. The lowest BCUT2D eigenvalue weighted by atomic mass is 10.1. The molecule has 0 aromatic heterocycles. The number of hydrogen-bond acceptors (Lipinski definition) is 7. The Bertz CT molecular complexity index is 903. The molecular formula is C19H18O6S. The number of carbonyl (C=O) groups excluding carboxylic acids is 1. The molecule has 7 heteroatoms. The Morgan fingerprint density at radius 1 is 0.923 bits per heavy atom. The first-order chi connectivity index (χ1) is 12.5. The number of methoxy groups -OCH3 is 4. The molecular weight excluding hydrogens is 356 g/mol. The Hall–Kier alpha value is -2.80. The summed E-state index contributed by atoms with van der Waals surface area (Å²) in [6.07, 6.45) is 1.71. The second-order valence-corrected chi connectivity index (χ2v) is 6.47. The fourth-order valence-corrected chi connectivity index (χ4v) is 3.84. The van der Waals surface area contributed by atoms with E-state index in [9.17, 15) is 9.90 Å². The van der Waals surface area contributed by atoms with Gasteiger partial charge in [-0.25, -0.2) is 0 Å². The Morgan fingerprint density at radius 2 is 1.62 bits per heavy atom. The Labute approximate surface area is 155 Å². The zero-order valence-electron chi connectivity index (χ0n) is 14.8. The molecule has 0 unspecified atom stereocenters. The Morgan fingerprint density at radius 3 is 2.19 bits per heavy atom. The zero-order chi connectivity index (χ0) is 18.8. The van der Waals surface area contributed by atoms with Crippen LogP contribution in [0.3, 0.4) is 0 Å². The van der Waals surface area contributed by atoms with Crippen molar-refractivity contribution in [2.45, 2.75) is 4.90 Å². The van der Waals surface area contributed by atoms with Crippen LogP contribution in [0.2, 0.25) is 0 Å². The van der Waals surface area contributed by atoms with Gasteiger partial charge in [0, 0.05) is 4.90 Å². The molecule has 26 heavy (non-hydrogen) atoms. The van der Waals surface area contributed by atoms with Crippen LogP contribution >= 0.6 is 11.8 Å². The number of carbonyl (C=O) groups is 1. The van der Waals surface area contributed by atoms with Crippen molar-refractivity contribution >= 4 is 23.6 Å². The van der Waals surface area contributed by atoms with Crippen LogP contribution in [-0.2, 0) is 0 Å². The minimum atomic E-state index is -0.168.